The van der Waals surface area contributed by atoms with Gasteiger partial charge in [0.15, 0.2) is 0 Å². The molecule has 84 valence electrons. The van der Waals surface area contributed by atoms with E-state index in [2.05, 4.69) is 30.3 Å². The fraction of sp³-hybridized carbons (Fsp3) is 0.750. The molecule has 2 nitrogen and oxygen atoms in total. The van der Waals surface area contributed by atoms with Crippen LogP contribution in [0.2, 0.25) is 0 Å². The lowest BCUT2D eigenvalue weighted by atomic mass is 9.97. The van der Waals surface area contributed by atoms with Crippen molar-refractivity contribution in [2.24, 2.45) is 5.92 Å². The lowest BCUT2D eigenvalue weighted by Crippen LogP contribution is -2.30. The van der Waals surface area contributed by atoms with Crippen molar-refractivity contribution in [1.82, 2.24) is 10.3 Å². The van der Waals surface area contributed by atoms with Crippen LogP contribution in [0.25, 0.3) is 0 Å². The number of thiazole rings is 1. The van der Waals surface area contributed by atoms with E-state index in [4.69, 9.17) is 0 Å². The van der Waals surface area contributed by atoms with Crippen LogP contribution >= 0.6 is 11.3 Å². The second kappa shape index (κ2) is 5.08. The summed E-state index contributed by atoms with van der Waals surface area (Å²) in [7, 11) is 0. The van der Waals surface area contributed by atoms with Crippen molar-refractivity contribution >= 4 is 11.3 Å². The number of piperidine rings is 1. The SMILES string of the molecule is CC(C)c1cnc(CC2CCCNC2)s1. The first-order valence-electron chi connectivity index (χ1n) is 5.91. The Kier molecular flexibility index (Phi) is 3.76. The summed E-state index contributed by atoms with van der Waals surface area (Å²) in [6.07, 6.45) is 5.92. The molecule has 1 N–H and O–H groups in total. The molecule has 0 spiro atoms. The Balaban J connectivity index is 1.91. The predicted octanol–water partition coefficient (Wildman–Crippen LogP) is 2.81. The van der Waals surface area contributed by atoms with Crippen molar-refractivity contribution in [2.45, 2.75) is 39.0 Å². The van der Waals surface area contributed by atoms with Gasteiger partial charge in [-0.15, -0.1) is 11.3 Å². The maximum Gasteiger partial charge on any atom is 0.0931 e. The minimum Gasteiger partial charge on any atom is -0.316 e. The van der Waals surface area contributed by atoms with Gasteiger partial charge in [-0.3, -0.25) is 0 Å². The summed E-state index contributed by atoms with van der Waals surface area (Å²) >= 11 is 1.90. The van der Waals surface area contributed by atoms with E-state index in [1.165, 1.54) is 42.2 Å². The number of nitrogens with one attached hydrogen (secondary N) is 1. The maximum absolute atomic E-state index is 4.52. The van der Waals surface area contributed by atoms with E-state index < -0.39 is 0 Å². The molecule has 0 amide bonds. The quantitative estimate of drug-likeness (QED) is 0.854. The highest BCUT2D eigenvalue weighted by molar-refractivity contribution is 7.11. The second-order valence-electron chi connectivity index (χ2n) is 4.73. The first kappa shape index (κ1) is 11.1. The van der Waals surface area contributed by atoms with Crippen LogP contribution in [0.15, 0.2) is 6.20 Å². The molecule has 0 radical (unpaired) electrons. The normalized spacial score (nSPS) is 22.2. The van der Waals surface area contributed by atoms with Gasteiger partial charge in [-0.1, -0.05) is 13.8 Å². The lowest BCUT2D eigenvalue weighted by molar-refractivity contribution is 0.376. The van der Waals surface area contributed by atoms with Gasteiger partial charge in [0.05, 0.1) is 5.01 Å². The van der Waals surface area contributed by atoms with Gasteiger partial charge in [0.25, 0.3) is 0 Å². The minimum absolute atomic E-state index is 0.626. The Morgan fingerprint density at radius 1 is 1.60 bits per heavy atom. The second-order valence-corrected chi connectivity index (χ2v) is 5.87. The Morgan fingerprint density at radius 2 is 2.47 bits per heavy atom. The van der Waals surface area contributed by atoms with Crippen molar-refractivity contribution in [3.63, 3.8) is 0 Å². The molecule has 1 aliphatic heterocycles. The highest BCUT2D eigenvalue weighted by Crippen LogP contribution is 2.25. The van der Waals surface area contributed by atoms with E-state index >= 15 is 0 Å². The highest BCUT2D eigenvalue weighted by Gasteiger charge is 2.15. The van der Waals surface area contributed by atoms with Gasteiger partial charge in [0.2, 0.25) is 0 Å². The molecular formula is C12H20N2S. The molecule has 0 aliphatic carbocycles. The van der Waals surface area contributed by atoms with E-state index in [9.17, 15) is 0 Å². The molecule has 2 rings (SSSR count). The Morgan fingerprint density at radius 3 is 3.07 bits per heavy atom. The van der Waals surface area contributed by atoms with Crippen LogP contribution in [0.5, 0.6) is 0 Å². The molecule has 0 aromatic carbocycles. The fourth-order valence-electron chi connectivity index (χ4n) is 2.03. The number of rotatable bonds is 3. The summed E-state index contributed by atoms with van der Waals surface area (Å²) in [5.41, 5.74) is 0. The van der Waals surface area contributed by atoms with E-state index in [0.29, 0.717) is 5.92 Å². The van der Waals surface area contributed by atoms with Gasteiger partial charge in [-0.25, -0.2) is 4.98 Å². The maximum atomic E-state index is 4.52. The topological polar surface area (TPSA) is 24.9 Å². The van der Waals surface area contributed by atoms with E-state index in [-0.39, 0.29) is 0 Å². The third-order valence-corrected chi connectivity index (χ3v) is 4.32. The minimum atomic E-state index is 0.626. The third kappa shape index (κ3) is 3.02. The summed E-state index contributed by atoms with van der Waals surface area (Å²) in [5, 5.41) is 4.79. The number of hydrogen-bond acceptors (Lipinski definition) is 3. The van der Waals surface area contributed by atoms with Gasteiger partial charge in [-0.2, -0.15) is 0 Å². The molecule has 2 heterocycles. The zero-order valence-corrected chi connectivity index (χ0v) is 10.4. The van der Waals surface area contributed by atoms with Crippen LogP contribution in [0.1, 0.15) is 42.5 Å². The summed E-state index contributed by atoms with van der Waals surface area (Å²) in [6.45, 7) is 6.85. The molecule has 1 unspecified atom stereocenters. The van der Waals surface area contributed by atoms with E-state index in [1.807, 2.05) is 11.3 Å². The molecule has 1 atom stereocenters. The average Bonchev–Trinajstić information content (AvgIpc) is 2.68. The van der Waals surface area contributed by atoms with Crippen molar-refractivity contribution in [2.75, 3.05) is 13.1 Å². The molecule has 1 aliphatic rings. The molecule has 1 fully saturated rings. The predicted molar refractivity (Wildman–Crippen MR) is 65.5 cm³/mol. The van der Waals surface area contributed by atoms with Gasteiger partial charge in [0, 0.05) is 17.5 Å². The summed E-state index contributed by atoms with van der Waals surface area (Å²) < 4.78 is 0. The van der Waals surface area contributed by atoms with Crippen molar-refractivity contribution < 1.29 is 0 Å². The first-order chi connectivity index (χ1) is 7.25. The standard InChI is InChI=1S/C12H20N2S/c1-9(2)11-8-14-12(15-11)6-10-4-3-5-13-7-10/h8-10,13H,3-7H2,1-2H3. The molecule has 1 saturated heterocycles. The van der Waals surface area contributed by atoms with Crippen molar-refractivity contribution in [3.05, 3.63) is 16.1 Å². The molecule has 0 bridgehead atoms. The third-order valence-electron chi connectivity index (χ3n) is 3.00. The Hall–Kier alpha value is -0.410. The van der Waals surface area contributed by atoms with Gasteiger partial charge >= 0.3 is 0 Å². The summed E-state index contributed by atoms with van der Waals surface area (Å²) in [4.78, 5) is 5.95. The Labute approximate surface area is 96.1 Å². The van der Waals surface area contributed by atoms with Gasteiger partial charge in [-0.05, 0) is 37.8 Å². The van der Waals surface area contributed by atoms with Crippen LogP contribution in [0.3, 0.4) is 0 Å². The Bertz CT molecular complexity index is 300. The van der Waals surface area contributed by atoms with Crippen LogP contribution in [0, 0.1) is 5.92 Å². The van der Waals surface area contributed by atoms with E-state index in [0.717, 1.165) is 5.92 Å². The zero-order chi connectivity index (χ0) is 10.7. The van der Waals surface area contributed by atoms with Crippen molar-refractivity contribution in [1.29, 1.82) is 0 Å². The number of hydrogen-bond donors (Lipinski definition) is 1. The van der Waals surface area contributed by atoms with E-state index in [1.54, 1.807) is 0 Å². The number of nitrogens with zero attached hydrogens (tertiary/aromatic N) is 1. The molecular weight excluding hydrogens is 204 g/mol. The van der Waals surface area contributed by atoms with Crippen LogP contribution in [-0.4, -0.2) is 18.1 Å². The van der Waals surface area contributed by atoms with Crippen molar-refractivity contribution in [3.8, 4) is 0 Å². The van der Waals surface area contributed by atoms with Crippen LogP contribution in [-0.2, 0) is 6.42 Å². The molecule has 1 aromatic heterocycles. The van der Waals surface area contributed by atoms with Gasteiger partial charge in [0.1, 0.15) is 0 Å². The average molecular weight is 224 g/mol. The first-order valence-corrected chi connectivity index (χ1v) is 6.72. The molecule has 3 heteroatoms. The van der Waals surface area contributed by atoms with Gasteiger partial charge < -0.3 is 5.32 Å². The highest BCUT2D eigenvalue weighted by atomic mass is 32.1. The lowest BCUT2D eigenvalue weighted by Gasteiger charge is -2.21. The molecule has 0 saturated carbocycles. The zero-order valence-electron chi connectivity index (χ0n) is 9.62. The number of aromatic nitrogens is 1. The monoisotopic (exact) mass is 224 g/mol. The largest absolute Gasteiger partial charge is 0.316 e. The summed E-state index contributed by atoms with van der Waals surface area (Å²) in [6, 6.07) is 0. The smallest absolute Gasteiger partial charge is 0.0931 e. The van der Waals surface area contributed by atoms with Crippen LogP contribution < -0.4 is 5.32 Å². The van der Waals surface area contributed by atoms with Crippen LogP contribution in [0.4, 0.5) is 0 Å². The summed E-state index contributed by atoms with van der Waals surface area (Å²) in [5.74, 6) is 1.44. The fourth-order valence-corrected chi connectivity index (χ4v) is 3.07. The molecule has 1 aromatic rings. The molecule has 15 heavy (non-hydrogen) atoms.